The largest absolute Gasteiger partial charge is 0.364 e. The SMILES string of the molecule is CN=C(NC1CC1c1ccccc1F)N1CCN(S(=O)(=O)Cc2ccon2)CC1. The Morgan fingerprint density at radius 1 is 1.28 bits per heavy atom. The second kappa shape index (κ2) is 8.11. The van der Waals surface area contributed by atoms with E-state index in [-0.39, 0.29) is 23.5 Å². The summed E-state index contributed by atoms with van der Waals surface area (Å²) in [4.78, 5) is 6.38. The smallest absolute Gasteiger partial charge is 0.220 e. The number of nitrogens with one attached hydrogen (secondary N) is 1. The second-order valence-electron chi connectivity index (χ2n) is 7.29. The first-order valence-electron chi connectivity index (χ1n) is 9.57. The van der Waals surface area contributed by atoms with Crippen LogP contribution in [0.2, 0.25) is 0 Å². The number of sulfonamides is 1. The number of piperazine rings is 1. The Kier molecular flexibility index (Phi) is 5.55. The minimum absolute atomic E-state index is 0.136. The molecule has 0 amide bonds. The molecule has 10 heteroatoms. The highest BCUT2D eigenvalue weighted by Crippen LogP contribution is 2.41. The molecule has 1 saturated heterocycles. The molecule has 2 fully saturated rings. The fourth-order valence-corrected chi connectivity index (χ4v) is 5.13. The quantitative estimate of drug-likeness (QED) is 0.580. The van der Waals surface area contributed by atoms with Crippen LogP contribution < -0.4 is 5.32 Å². The van der Waals surface area contributed by atoms with Crippen molar-refractivity contribution in [3.63, 3.8) is 0 Å². The van der Waals surface area contributed by atoms with E-state index >= 15 is 0 Å². The van der Waals surface area contributed by atoms with Crippen molar-refractivity contribution in [3.8, 4) is 0 Å². The first kappa shape index (κ1) is 19.8. The van der Waals surface area contributed by atoms with E-state index in [2.05, 4.69) is 15.5 Å². The summed E-state index contributed by atoms with van der Waals surface area (Å²) in [5.41, 5.74) is 1.13. The summed E-state index contributed by atoms with van der Waals surface area (Å²) < 4.78 is 45.3. The van der Waals surface area contributed by atoms with Gasteiger partial charge in [0.25, 0.3) is 0 Å². The van der Waals surface area contributed by atoms with Crippen molar-refractivity contribution >= 4 is 16.0 Å². The third-order valence-corrected chi connectivity index (χ3v) is 7.19. The van der Waals surface area contributed by atoms with Crippen molar-refractivity contribution in [2.75, 3.05) is 33.2 Å². The lowest BCUT2D eigenvalue weighted by atomic mass is 10.1. The number of nitrogens with zero attached hydrogens (tertiary/aromatic N) is 4. The van der Waals surface area contributed by atoms with E-state index < -0.39 is 10.0 Å². The predicted octanol–water partition coefficient (Wildman–Crippen LogP) is 1.39. The van der Waals surface area contributed by atoms with Gasteiger partial charge in [-0.2, -0.15) is 4.31 Å². The zero-order valence-electron chi connectivity index (χ0n) is 16.2. The highest BCUT2D eigenvalue weighted by atomic mass is 32.2. The molecule has 8 nitrogen and oxygen atoms in total. The lowest BCUT2D eigenvalue weighted by molar-refractivity contribution is 0.259. The highest BCUT2D eigenvalue weighted by molar-refractivity contribution is 7.88. The predicted molar refractivity (Wildman–Crippen MR) is 106 cm³/mol. The number of aliphatic imine (C=N–C) groups is 1. The maximum atomic E-state index is 14.0. The van der Waals surface area contributed by atoms with Crippen LogP contribution in [0.1, 0.15) is 23.6 Å². The fraction of sp³-hybridized carbons (Fsp3) is 0.474. The number of benzene rings is 1. The van der Waals surface area contributed by atoms with Crippen molar-refractivity contribution in [2.45, 2.75) is 24.1 Å². The van der Waals surface area contributed by atoms with Crippen LogP contribution in [0.5, 0.6) is 0 Å². The lowest BCUT2D eigenvalue weighted by Crippen LogP contribution is -2.54. The van der Waals surface area contributed by atoms with Crippen LogP contribution in [0.3, 0.4) is 0 Å². The normalized spacial score (nSPS) is 23.2. The van der Waals surface area contributed by atoms with Gasteiger partial charge in [-0.3, -0.25) is 4.99 Å². The number of hydrogen-bond acceptors (Lipinski definition) is 5. The fourth-order valence-electron chi connectivity index (χ4n) is 3.71. The van der Waals surface area contributed by atoms with Crippen LogP contribution in [0.4, 0.5) is 4.39 Å². The molecule has 2 aromatic rings. The molecule has 1 aromatic heterocycles. The van der Waals surface area contributed by atoms with Crippen LogP contribution in [-0.4, -0.2) is 68.0 Å². The van der Waals surface area contributed by atoms with Crippen LogP contribution in [0.15, 0.2) is 46.1 Å². The first-order valence-corrected chi connectivity index (χ1v) is 11.2. The van der Waals surface area contributed by atoms with Crippen LogP contribution >= 0.6 is 0 Å². The summed E-state index contributed by atoms with van der Waals surface area (Å²) in [6.45, 7) is 1.83. The Bertz CT molecular complexity index is 971. The van der Waals surface area contributed by atoms with Gasteiger partial charge in [0.15, 0.2) is 5.96 Å². The molecule has 0 radical (unpaired) electrons. The molecule has 1 N–H and O–H groups in total. The minimum atomic E-state index is -3.44. The van der Waals surface area contributed by atoms with Crippen molar-refractivity contribution in [1.29, 1.82) is 0 Å². The zero-order valence-corrected chi connectivity index (χ0v) is 17.0. The summed E-state index contributed by atoms with van der Waals surface area (Å²) in [5, 5.41) is 7.08. The van der Waals surface area contributed by atoms with E-state index in [1.54, 1.807) is 19.2 Å². The van der Waals surface area contributed by atoms with E-state index in [1.165, 1.54) is 16.6 Å². The van der Waals surface area contributed by atoms with Gasteiger partial charge in [0.05, 0.1) is 5.69 Å². The van der Waals surface area contributed by atoms with Gasteiger partial charge in [0.2, 0.25) is 10.0 Å². The van der Waals surface area contributed by atoms with Crippen LogP contribution in [0.25, 0.3) is 0 Å². The zero-order chi connectivity index (χ0) is 20.4. The molecule has 1 aromatic carbocycles. The maximum Gasteiger partial charge on any atom is 0.220 e. The topological polar surface area (TPSA) is 91.0 Å². The molecule has 0 bridgehead atoms. The molecule has 2 unspecified atom stereocenters. The average Bonchev–Trinajstić information content (AvgIpc) is 3.29. The van der Waals surface area contributed by atoms with Gasteiger partial charge in [-0.1, -0.05) is 23.4 Å². The van der Waals surface area contributed by atoms with E-state index in [0.717, 1.165) is 17.9 Å². The Morgan fingerprint density at radius 2 is 2.03 bits per heavy atom. The maximum absolute atomic E-state index is 14.0. The number of rotatable bonds is 5. The van der Waals surface area contributed by atoms with Gasteiger partial charge >= 0.3 is 0 Å². The van der Waals surface area contributed by atoms with E-state index in [1.807, 2.05) is 17.0 Å². The van der Waals surface area contributed by atoms with Crippen molar-refractivity contribution in [1.82, 2.24) is 19.7 Å². The third kappa shape index (κ3) is 4.43. The third-order valence-electron chi connectivity index (χ3n) is 5.37. The Morgan fingerprint density at radius 3 is 2.69 bits per heavy atom. The molecule has 2 heterocycles. The molecule has 2 atom stereocenters. The van der Waals surface area contributed by atoms with Gasteiger partial charge in [0.1, 0.15) is 17.8 Å². The van der Waals surface area contributed by atoms with Gasteiger partial charge in [0, 0.05) is 51.3 Å². The molecule has 1 aliphatic heterocycles. The molecular formula is C19H24FN5O3S. The molecule has 2 aliphatic rings. The van der Waals surface area contributed by atoms with Crippen LogP contribution in [0, 0.1) is 5.82 Å². The van der Waals surface area contributed by atoms with Crippen molar-refractivity contribution in [2.24, 2.45) is 4.99 Å². The van der Waals surface area contributed by atoms with Gasteiger partial charge in [-0.15, -0.1) is 0 Å². The standard InChI is InChI=1S/C19H24FN5O3S/c1-21-19(22-18-12-16(18)15-4-2-3-5-17(15)20)24-7-9-25(10-8-24)29(26,27)13-14-6-11-28-23-14/h2-6,11,16,18H,7-10,12-13H2,1H3,(H,21,22). The molecule has 4 rings (SSSR count). The second-order valence-corrected chi connectivity index (χ2v) is 9.26. The van der Waals surface area contributed by atoms with Crippen LogP contribution in [-0.2, 0) is 15.8 Å². The summed E-state index contributed by atoms with van der Waals surface area (Å²) in [5.74, 6) is 0.519. The molecule has 1 saturated carbocycles. The number of aromatic nitrogens is 1. The van der Waals surface area contributed by atoms with Gasteiger partial charge in [-0.25, -0.2) is 12.8 Å². The first-order chi connectivity index (χ1) is 14.0. The monoisotopic (exact) mass is 421 g/mol. The lowest BCUT2D eigenvalue weighted by Gasteiger charge is -2.35. The van der Waals surface area contributed by atoms with Crippen molar-refractivity contribution < 1.29 is 17.3 Å². The summed E-state index contributed by atoms with van der Waals surface area (Å²) in [6.07, 6.45) is 2.22. The average molecular weight is 421 g/mol. The molecule has 1 aliphatic carbocycles. The van der Waals surface area contributed by atoms with E-state index in [4.69, 9.17) is 4.52 Å². The summed E-state index contributed by atoms with van der Waals surface area (Å²) in [7, 11) is -1.74. The number of guanidine groups is 1. The number of hydrogen-bond donors (Lipinski definition) is 1. The summed E-state index contributed by atoms with van der Waals surface area (Å²) in [6, 6.07) is 8.54. The Labute approximate surface area is 169 Å². The minimum Gasteiger partial charge on any atom is -0.364 e. The Hall–Kier alpha value is -2.46. The van der Waals surface area contributed by atoms with E-state index in [0.29, 0.717) is 31.9 Å². The Balaban J connectivity index is 1.31. The molecule has 0 spiro atoms. The molecular weight excluding hydrogens is 397 g/mol. The summed E-state index contributed by atoms with van der Waals surface area (Å²) >= 11 is 0. The molecule has 29 heavy (non-hydrogen) atoms. The van der Waals surface area contributed by atoms with Crippen molar-refractivity contribution in [3.05, 3.63) is 53.7 Å². The van der Waals surface area contributed by atoms with E-state index in [9.17, 15) is 12.8 Å². The highest BCUT2D eigenvalue weighted by Gasteiger charge is 2.41. The molecule has 156 valence electrons. The van der Waals surface area contributed by atoms with Gasteiger partial charge < -0.3 is 14.7 Å². The van der Waals surface area contributed by atoms with Gasteiger partial charge in [-0.05, 0) is 18.1 Å². The number of halogens is 1.